The van der Waals surface area contributed by atoms with Gasteiger partial charge in [-0.3, -0.25) is 9.59 Å². The molecule has 7 heteroatoms. The van der Waals surface area contributed by atoms with Crippen LogP contribution in [0, 0.1) is 0 Å². The van der Waals surface area contributed by atoms with Crippen molar-refractivity contribution in [3.63, 3.8) is 0 Å². The van der Waals surface area contributed by atoms with Crippen LogP contribution in [0.2, 0.25) is 0 Å². The molecule has 0 fully saturated rings. The van der Waals surface area contributed by atoms with Gasteiger partial charge in [0, 0.05) is 6.42 Å². The Hall–Kier alpha value is -1.18. The Morgan fingerprint density at radius 2 is 1.67 bits per heavy atom. The van der Waals surface area contributed by atoms with Crippen LogP contribution >= 0.6 is 0 Å². The number of hydrogen-bond acceptors (Lipinski definition) is 5. The highest BCUT2D eigenvalue weighted by Gasteiger charge is 2.17. The number of carbonyl (C=O) groups is 2. The number of aliphatic hydroxyl groups is 2. The summed E-state index contributed by atoms with van der Waals surface area (Å²) in [7, 11) is 1.50. The van der Waals surface area contributed by atoms with Gasteiger partial charge in [0.25, 0.3) is 0 Å². The number of amides is 1. The number of carbonyl (C=O) groups excluding carboxylic acids is 1. The molecule has 1 amide bonds. The van der Waals surface area contributed by atoms with Crippen molar-refractivity contribution in [3.8, 4) is 0 Å². The second kappa shape index (κ2) is 12.3. The van der Waals surface area contributed by atoms with Crippen molar-refractivity contribution in [2.45, 2.75) is 38.8 Å². The van der Waals surface area contributed by atoms with Crippen LogP contribution in [0.1, 0.15) is 26.7 Å². The van der Waals surface area contributed by atoms with E-state index in [0.29, 0.717) is 0 Å². The average Bonchev–Trinajstić information content (AvgIpc) is 2.38. The minimum atomic E-state index is -1.02. The van der Waals surface area contributed by atoms with E-state index >= 15 is 0 Å². The number of aliphatic hydroxyl groups excluding tert-OH is 2. The number of likely N-dealkylation sites (N-methyl/N-ethyl adjacent to an activating group) is 1. The highest BCUT2D eigenvalue weighted by atomic mass is 16.4. The zero-order valence-corrected chi connectivity index (χ0v) is 11.1. The number of carboxylic acid groups (broad SMARTS) is 1. The molecule has 0 aromatic rings. The summed E-state index contributed by atoms with van der Waals surface area (Å²) in [6.07, 6.45) is 0.176. The third-order valence-electron chi connectivity index (χ3n) is 2.11. The molecule has 0 aliphatic carbocycles. The minimum Gasteiger partial charge on any atom is -0.480 e. The fourth-order valence-electron chi connectivity index (χ4n) is 1.12. The molecule has 1 unspecified atom stereocenters. The molecule has 0 aliphatic heterocycles. The molecular weight excluding hydrogens is 240 g/mol. The lowest BCUT2D eigenvalue weighted by Crippen LogP contribution is -2.41. The van der Waals surface area contributed by atoms with Crippen molar-refractivity contribution < 1.29 is 24.9 Å². The third-order valence-corrected chi connectivity index (χ3v) is 2.11. The normalized spacial score (nSPS) is 11.4. The first-order valence-electron chi connectivity index (χ1n) is 5.96. The van der Waals surface area contributed by atoms with Gasteiger partial charge in [0.15, 0.2) is 0 Å². The summed E-state index contributed by atoms with van der Waals surface area (Å²) < 4.78 is 0. The van der Waals surface area contributed by atoms with E-state index in [-0.39, 0.29) is 26.1 Å². The Balaban J connectivity index is 0. The van der Waals surface area contributed by atoms with Crippen molar-refractivity contribution in [2.75, 3.05) is 20.3 Å². The summed E-state index contributed by atoms with van der Waals surface area (Å²) in [6.45, 7) is 3.30. The van der Waals surface area contributed by atoms with E-state index in [1.54, 1.807) is 0 Å². The maximum absolute atomic E-state index is 11.3. The van der Waals surface area contributed by atoms with Crippen LogP contribution in [-0.2, 0) is 9.59 Å². The zero-order valence-electron chi connectivity index (χ0n) is 11.1. The van der Waals surface area contributed by atoms with Crippen molar-refractivity contribution in [2.24, 2.45) is 0 Å². The molecule has 0 heterocycles. The predicted molar refractivity (Wildman–Crippen MR) is 67.2 cm³/mol. The van der Waals surface area contributed by atoms with Crippen LogP contribution in [-0.4, -0.2) is 59.5 Å². The number of hydrogen-bond donors (Lipinski definition) is 5. The summed E-state index contributed by atoms with van der Waals surface area (Å²) in [5.41, 5.74) is 0. The lowest BCUT2D eigenvalue weighted by atomic mass is 10.1. The molecule has 0 spiro atoms. The van der Waals surface area contributed by atoms with Crippen molar-refractivity contribution >= 4 is 11.9 Å². The largest absolute Gasteiger partial charge is 0.480 e. The second-order valence-corrected chi connectivity index (χ2v) is 3.35. The van der Waals surface area contributed by atoms with Crippen LogP contribution in [0.5, 0.6) is 0 Å². The van der Waals surface area contributed by atoms with E-state index in [2.05, 4.69) is 10.6 Å². The molecule has 7 nitrogen and oxygen atoms in total. The Kier molecular flexibility index (Phi) is 13.1. The minimum absolute atomic E-state index is 0.0221. The molecule has 0 aromatic carbocycles. The highest BCUT2D eigenvalue weighted by molar-refractivity contribution is 5.78. The summed E-state index contributed by atoms with van der Waals surface area (Å²) in [4.78, 5) is 21.9. The SMILES string of the molecule is CC.CNC(CCC(=O)NC(CO)CO)C(=O)O. The van der Waals surface area contributed by atoms with Gasteiger partial charge in [-0.2, -0.15) is 0 Å². The van der Waals surface area contributed by atoms with Crippen molar-refractivity contribution in [1.82, 2.24) is 10.6 Å². The number of carboxylic acids is 1. The fraction of sp³-hybridized carbons (Fsp3) is 0.818. The smallest absolute Gasteiger partial charge is 0.320 e. The van der Waals surface area contributed by atoms with Gasteiger partial charge in [-0.25, -0.2) is 0 Å². The van der Waals surface area contributed by atoms with Gasteiger partial charge in [0.1, 0.15) is 6.04 Å². The third kappa shape index (κ3) is 8.91. The molecule has 0 radical (unpaired) electrons. The van der Waals surface area contributed by atoms with E-state index < -0.39 is 24.0 Å². The van der Waals surface area contributed by atoms with Crippen LogP contribution < -0.4 is 10.6 Å². The first-order valence-corrected chi connectivity index (χ1v) is 5.96. The fourth-order valence-corrected chi connectivity index (χ4v) is 1.12. The first kappa shape index (κ1) is 19.2. The number of aliphatic carboxylic acids is 1. The quantitative estimate of drug-likeness (QED) is 0.381. The van der Waals surface area contributed by atoms with Gasteiger partial charge >= 0.3 is 5.97 Å². The van der Waals surface area contributed by atoms with Crippen LogP contribution in [0.15, 0.2) is 0 Å². The van der Waals surface area contributed by atoms with Crippen LogP contribution in [0.4, 0.5) is 0 Å². The Morgan fingerprint density at radius 3 is 2.00 bits per heavy atom. The molecule has 0 rings (SSSR count). The van der Waals surface area contributed by atoms with Gasteiger partial charge in [0.05, 0.1) is 19.3 Å². The standard InChI is InChI=1S/C9H18N2O5.C2H6/c1-10-7(9(15)16)2-3-8(14)11-6(4-12)5-13;1-2/h6-7,10,12-13H,2-5H2,1H3,(H,11,14)(H,15,16);1-2H3. The zero-order chi connectivity index (χ0) is 14.6. The molecule has 0 aliphatic rings. The average molecular weight is 264 g/mol. The summed E-state index contributed by atoms with van der Waals surface area (Å²) >= 11 is 0. The van der Waals surface area contributed by atoms with E-state index in [1.807, 2.05) is 13.8 Å². The maximum atomic E-state index is 11.3. The van der Waals surface area contributed by atoms with E-state index in [1.165, 1.54) is 7.05 Å². The molecule has 0 saturated carbocycles. The molecule has 18 heavy (non-hydrogen) atoms. The second-order valence-electron chi connectivity index (χ2n) is 3.35. The Labute approximate surface area is 107 Å². The van der Waals surface area contributed by atoms with E-state index in [9.17, 15) is 9.59 Å². The monoisotopic (exact) mass is 264 g/mol. The lowest BCUT2D eigenvalue weighted by molar-refractivity contribution is -0.139. The number of nitrogens with one attached hydrogen (secondary N) is 2. The summed E-state index contributed by atoms with van der Waals surface area (Å²) in [5, 5.41) is 31.0. The molecule has 0 bridgehead atoms. The van der Waals surface area contributed by atoms with Gasteiger partial charge in [-0.15, -0.1) is 0 Å². The lowest BCUT2D eigenvalue weighted by Gasteiger charge is -2.14. The van der Waals surface area contributed by atoms with Crippen LogP contribution in [0.25, 0.3) is 0 Å². The van der Waals surface area contributed by atoms with Gasteiger partial charge < -0.3 is 26.0 Å². The molecule has 5 N–H and O–H groups in total. The molecule has 1 atom stereocenters. The molecule has 108 valence electrons. The number of rotatable bonds is 8. The molecular formula is C11H24N2O5. The first-order chi connectivity index (χ1) is 8.54. The van der Waals surface area contributed by atoms with E-state index in [4.69, 9.17) is 15.3 Å². The van der Waals surface area contributed by atoms with Gasteiger partial charge in [-0.05, 0) is 13.5 Å². The summed E-state index contributed by atoms with van der Waals surface area (Å²) in [6, 6.07) is -1.46. The topological polar surface area (TPSA) is 119 Å². The van der Waals surface area contributed by atoms with Crippen molar-refractivity contribution in [1.29, 1.82) is 0 Å². The Morgan fingerprint density at radius 1 is 1.17 bits per heavy atom. The Bertz CT molecular complexity index is 231. The summed E-state index contributed by atoms with van der Waals surface area (Å²) in [5.74, 6) is -1.41. The molecule has 0 aromatic heterocycles. The van der Waals surface area contributed by atoms with Gasteiger partial charge in [0.2, 0.25) is 5.91 Å². The predicted octanol–water partition coefficient (Wildman–Crippen LogP) is -1.07. The van der Waals surface area contributed by atoms with E-state index in [0.717, 1.165) is 0 Å². The van der Waals surface area contributed by atoms with Gasteiger partial charge in [-0.1, -0.05) is 13.8 Å². The van der Waals surface area contributed by atoms with Crippen molar-refractivity contribution in [3.05, 3.63) is 0 Å². The highest BCUT2D eigenvalue weighted by Crippen LogP contribution is 1.97. The van der Waals surface area contributed by atoms with Crippen LogP contribution in [0.3, 0.4) is 0 Å². The molecule has 0 saturated heterocycles. The maximum Gasteiger partial charge on any atom is 0.320 e.